The first-order chi connectivity index (χ1) is 20.0. The zero-order valence-electron chi connectivity index (χ0n) is 23.2. The highest BCUT2D eigenvalue weighted by Gasteiger charge is 2.24. The Hall–Kier alpha value is -4.55. The molecule has 12 nitrogen and oxygen atoms in total. The van der Waals surface area contributed by atoms with Crippen LogP contribution in [0.4, 0.5) is 10.6 Å². The number of carbonyl (C=O) groups excluding carboxylic acids is 1. The lowest BCUT2D eigenvalue weighted by Gasteiger charge is -2.32. The molecule has 1 amide bonds. The summed E-state index contributed by atoms with van der Waals surface area (Å²) in [4.78, 5) is 24.5. The molecular formula is C29H32N10O2. The number of rotatable bonds is 4. The molecular weight excluding hydrogens is 520 g/mol. The van der Waals surface area contributed by atoms with Crippen LogP contribution in [0.5, 0.6) is 0 Å². The van der Waals surface area contributed by atoms with Crippen LogP contribution in [0.3, 0.4) is 0 Å². The van der Waals surface area contributed by atoms with Gasteiger partial charge in [0.1, 0.15) is 17.2 Å². The van der Waals surface area contributed by atoms with Crippen molar-refractivity contribution in [2.75, 3.05) is 64.4 Å². The third-order valence-electron chi connectivity index (χ3n) is 7.73. The molecule has 1 aromatic carbocycles. The maximum Gasteiger partial charge on any atom is 0.345 e. The van der Waals surface area contributed by atoms with Gasteiger partial charge in [0.2, 0.25) is 0 Å². The van der Waals surface area contributed by atoms with Crippen molar-refractivity contribution in [2.24, 2.45) is 0 Å². The number of aromatic nitrogens is 7. The summed E-state index contributed by atoms with van der Waals surface area (Å²) in [5, 5.41) is 14.4. The van der Waals surface area contributed by atoms with Crippen molar-refractivity contribution in [3.63, 3.8) is 0 Å². The predicted molar refractivity (Wildman–Crippen MR) is 154 cm³/mol. The van der Waals surface area contributed by atoms with Gasteiger partial charge in [0.05, 0.1) is 18.9 Å². The smallest absolute Gasteiger partial charge is 0.345 e. The fourth-order valence-corrected chi connectivity index (χ4v) is 5.35. The number of benzene rings is 1. The minimum Gasteiger partial charge on any atom is -0.378 e. The number of likely N-dealkylation sites (N-methyl/N-ethyl adjacent to an activating group) is 1. The third-order valence-corrected chi connectivity index (χ3v) is 7.73. The van der Waals surface area contributed by atoms with Gasteiger partial charge in [0, 0.05) is 68.9 Å². The number of hydrogen-bond acceptors (Lipinski definition) is 8. The minimum atomic E-state index is -0.104. The molecule has 2 saturated heterocycles. The van der Waals surface area contributed by atoms with Crippen LogP contribution in [0.15, 0.2) is 60.8 Å². The number of carbonyl (C=O) groups is 1. The second-order valence-electron chi connectivity index (χ2n) is 10.5. The molecule has 0 radical (unpaired) electrons. The van der Waals surface area contributed by atoms with Crippen molar-refractivity contribution >= 4 is 17.5 Å². The van der Waals surface area contributed by atoms with Crippen LogP contribution in [-0.2, 0) is 4.74 Å². The summed E-state index contributed by atoms with van der Waals surface area (Å²) in [7, 11) is 2.07. The van der Waals surface area contributed by atoms with Crippen molar-refractivity contribution in [1.29, 1.82) is 0 Å². The second-order valence-corrected chi connectivity index (χ2v) is 10.5. The van der Waals surface area contributed by atoms with Gasteiger partial charge in [-0.25, -0.2) is 14.5 Å². The lowest BCUT2D eigenvalue weighted by Crippen LogP contribution is -2.48. The van der Waals surface area contributed by atoms with Gasteiger partial charge in [0.15, 0.2) is 11.5 Å². The van der Waals surface area contributed by atoms with E-state index in [2.05, 4.69) is 21.9 Å². The molecule has 0 bridgehead atoms. The molecule has 0 unspecified atom stereocenters. The lowest BCUT2D eigenvalue weighted by molar-refractivity contribution is 0.122. The van der Waals surface area contributed by atoms with E-state index in [-0.39, 0.29) is 6.03 Å². The normalized spacial score (nSPS) is 16.5. The number of hydrogen-bond donors (Lipinski definition) is 0. The first kappa shape index (κ1) is 25.4. The number of anilines is 1. The van der Waals surface area contributed by atoms with Crippen LogP contribution >= 0.6 is 0 Å². The van der Waals surface area contributed by atoms with Crippen LogP contribution in [0.2, 0.25) is 0 Å². The summed E-state index contributed by atoms with van der Waals surface area (Å²) in [5.74, 6) is 1.60. The lowest BCUT2D eigenvalue weighted by atomic mass is 10.2. The first-order valence-electron chi connectivity index (χ1n) is 13.9. The Morgan fingerprint density at radius 3 is 2.37 bits per heavy atom. The van der Waals surface area contributed by atoms with E-state index in [9.17, 15) is 4.79 Å². The van der Waals surface area contributed by atoms with Crippen molar-refractivity contribution in [2.45, 2.75) is 6.92 Å². The fraction of sp³-hybridized carbons (Fsp3) is 0.345. The zero-order chi connectivity index (χ0) is 27.9. The van der Waals surface area contributed by atoms with Crippen molar-refractivity contribution < 1.29 is 9.53 Å². The maximum atomic E-state index is 13.3. The number of fused-ring (bicyclic) bond motifs is 1. The van der Waals surface area contributed by atoms with Crippen molar-refractivity contribution in [1.82, 2.24) is 44.0 Å². The molecule has 0 aliphatic carbocycles. The average Bonchev–Trinajstić information content (AvgIpc) is 3.76. The van der Waals surface area contributed by atoms with Gasteiger partial charge in [0.25, 0.3) is 0 Å². The summed E-state index contributed by atoms with van der Waals surface area (Å²) in [5.41, 5.74) is 4.66. The summed E-state index contributed by atoms with van der Waals surface area (Å²) in [6, 6.07) is 17.8. The van der Waals surface area contributed by atoms with E-state index in [0.29, 0.717) is 49.2 Å². The number of amides is 1. The third kappa shape index (κ3) is 4.85. The number of morpholine rings is 1. The molecule has 2 aliphatic heterocycles. The highest BCUT2D eigenvalue weighted by atomic mass is 16.5. The molecule has 0 saturated carbocycles. The van der Waals surface area contributed by atoms with E-state index in [0.717, 1.165) is 48.9 Å². The van der Waals surface area contributed by atoms with Crippen LogP contribution in [0.1, 0.15) is 5.69 Å². The van der Waals surface area contributed by atoms with Gasteiger partial charge in [-0.2, -0.15) is 24.5 Å². The predicted octanol–water partition coefficient (Wildman–Crippen LogP) is 2.81. The molecule has 0 spiro atoms. The zero-order valence-corrected chi connectivity index (χ0v) is 23.2. The molecule has 2 aliphatic rings. The standard InChI is InChI=1S/C29H32N10O2/c1-21-18-24(32-38(21)29(40)36-12-10-34(2)11-13-36)25-19-27-30-26(20-28(39(27)33-25)35-14-16-41-17-15-35)37-9-8-23(31-37)22-6-4-3-5-7-22/h3-9,18-20H,10-17H2,1-2H3. The summed E-state index contributed by atoms with van der Waals surface area (Å²) < 4.78 is 10.7. The van der Waals surface area contributed by atoms with Gasteiger partial charge >= 0.3 is 6.03 Å². The van der Waals surface area contributed by atoms with E-state index in [1.165, 1.54) is 4.68 Å². The molecule has 2 fully saturated rings. The van der Waals surface area contributed by atoms with E-state index in [1.807, 2.05) is 77.1 Å². The Labute approximate surface area is 237 Å². The van der Waals surface area contributed by atoms with E-state index in [4.69, 9.17) is 19.9 Å². The Kier molecular flexibility index (Phi) is 6.48. The van der Waals surface area contributed by atoms with Gasteiger partial charge in [-0.05, 0) is 26.1 Å². The largest absolute Gasteiger partial charge is 0.378 e. The van der Waals surface area contributed by atoms with Crippen LogP contribution in [0, 0.1) is 6.92 Å². The van der Waals surface area contributed by atoms with Crippen LogP contribution in [-0.4, -0.2) is 110 Å². The van der Waals surface area contributed by atoms with Gasteiger partial charge in [-0.1, -0.05) is 30.3 Å². The Bertz CT molecular complexity index is 1690. The quantitative estimate of drug-likeness (QED) is 0.336. The minimum absolute atomic E-state index is 0.104. The molecule has 7 rings (SSSR count). The molecule has 210 valence electrons. The molecule has 6 heterocycles. The van der Waals surface area contributed by atoms with E-state index in [1.54, 1.807) is 4.68 Å². The SMILES string of the molecule is Cc1cc(-c2cc3nc(-n4ccc(-c5ccccc5)n4)cc(N4CCOCC4)n3n2)nn1C(=O)N1CCN(C)CC1. The number of ether oxygens (including phenoxy) is 1. The summed E-state index contributed by atoms with van der Waals surface area (Å²) in [6.07, 6.45) is 1.93. The molecule has 5 aromatic rings. The van der Waals surface area contributed by atoms with Gasteiger partial charge in [-0.3, -0.25) is 0 Å². The Morgan fingerprint density at radius 1 is 0.829 bits per heavy atom. The number of aryl methyl sites for hydroxylation is 1. The summed E-state index contributed by atoms with van der Waals surface area (Å²) >= 11 is 0. The summed E-state index contributed by atoms with van der Waals surface area (Å²) in [6.45, 7) is 7.76. The second kappa shape index (κ2) is 10.5. The van der Waals surface area contributed by atoms with Gasteiger partial charge in [-0.15, -0.1) is 0 Å². The van der Waals surface area contributed by atoms with Crippen molar-refractivity contribution in [3.05, 3.63) is 66.5 Å². The monoisotopic (exact) mass is 552 g/mol. The Morgan fingerprint density at radius 2 is 1.59 bits per heavy atom. The molecule has 12 heteroatoms. The number of nitrogens with zero attached hydrogens (tertiary/aromatic N) is 10. The van der Waals surface area contributed by atoms with E-state index >= 15 is 0 Å². The molecule has 0 N–H and O–H groups in total. The average molecular weight is 553 g/mol. The maximum absolute atomic E-state index is 13.3. The molecule has 41 heavy (non-hydrogen) atoms. The van der Waals surface area contributed by atoms with Crippen LogP contribution in [0.25, 0.3) is 34.1 Å². The molecule has 0 atom stereocenters. The highest BCUT2D eigenvalue weighted by Crippen LogP contribution is 2.26. The number of piperazine rings is 1. The van der Waals surface area contributed by atoms with Crippen molar-refractivity contribution in [3.8, 4) is 28.5 Å². The van der Waals surface area contributed by atoms with Gasteiger partial charge < -0.3 is 19.4 Å². The fourth-order valence-electron chi connectivity index (χ4n) is 5.35. The topological polar surface area (TPSA) is 102 Å². The Balaban J connectivity index is 1.26. The van der Waals surface area contributed by atoms with Crippen LogP contribution < -0.4 is 4.90 Å². The molecule has 4 aromatic heterocycles. The van der Waals surface area contributed by atoms with E-state index < -0.39 is 0 Å². The first-order valence-corrected chi connectivity index (χ1v) is 13.9. The highest BCUT2D eigenvalue weighted by molar-refractivity contribution is 5.78.